The Bertz CT molecular complexity index is 202. The van der Waals surface area contributed by atoms with Gasteiger partial charge in [-0.3, -0.25) is 0 Å². The highest BCUT2D eigenvalue weighted by molar-refractivity contribution is 5.03. The summed E-state index contributed by atoms with van der Waals surface area (Å²) in [6, 6.07) is 0. The number of allylic oxidation sites excluding steroid dienone is 2. The quantitative estimate of drug-likeness (QED) is 0.457. The molecule has 0 amide bonds. The van der Waals surface area contributed by atoms with E-state index in [0.717, 1.165) is 23.7 Å². The number of hydrogen-bond donors (Lipinski definition) is 0. The minimum atomic E-state index is 0.936. The summed E-state index contributed by atoms with van der Waals surface area (Å²) >= 11 is 0. The summed E-state index contributed by atoms with van der Waals surface area (Å²) in [5.41, 5.74) is 0. The molecule has 80 valence electrons. The van der Waals surface area contributed by atoms with Gasteiger partial charge in [0, 0.05) is 0 Å². The van der Waals surface area contributed by atoms with Gasteiger partial charge in [0.25, 0.3) is 0 Å². The number of rotatable bonds is 4. The standard InChI is InChI=1S/C14H24/c1-3-4-5-6-7-14-11(2)12-8-9-13(14)10-12/h6-7,11-14H,3-5,8-10H2,1-2H3/t11-,12-,13+,14+/m1/s1. The van der Waals surface area contributed by atoms with Gasteiger partial charge >= 0.3 is 0 Å². The van der Waals surface area contributed by atoms with Crippen molar-refractivity contribution in [3.05, 3.63) is 12.2 Å². The fourth-order valence-corrected chi connectivity index (χ4v) is 3.53. The van der Waals surface area contributed by atoms with Gasteiger partial charge in [-0.2, -0.15) is 0 Å². The average molecular weight is 192 g/mol. The van der Waals surface area contributed by atoms with Crippen molar-refractivity contribution in [1.29, 1.82) is 0 Å². The van der Waals surface area contributed by atoms with Gasteiger partial charge < -0.3 is 0 Å². The predicted octanol–water partition coefficient (Wildman–Crippen LogP) is 4.42. The molecule has 0 N–H and O–H groups in total. The van der Waals surface area contributed by atoms with E-state index in [1.807, 2.05) is 0 Å². The van der Waals surface area contributed by atoms with Crippen LogP contribution in [0.4, 0.5) is 0 Å². The van der Waals surface area contributed by atoms with E-state index in [4.69, 9.17) is 0 Å². The second kappa shape index (κ2) is 4.51. The summed E-state index contributed by atoms with van der Waals surface area (Å²) in [5.74, 6) is 4.03. The van der Waals surface area contributed by atoms with Crippen LogP contribution in [0.25, 0.3) is 0 Å². The van der Waals surface area contributed by atoms with Crippen LogP contribution >= 0.6 is 0 Å². The monoisotopic (exact) mass is 192 g/mol. The second-order valence-electron chi connectivity index (χ2n) is 5.34. The Labute approximate surface area is 88.8 Å². The first-order valence-corrected chi connectivity index (χ1v) is 6.49. The van der Waals surface area contributed by atoms with Crippen molar-refractivity contribution >= 4 is 0 Å². The predicted molar refractivity (Wildman–Crippen MR) is 62.2 cm³/mol. The molecular weight excluding hydrogens is 168 g/mol. The minimum absolute atomic E-state index is 0.936. The van der Waals surface area contributed by atoms with Crippen LogP contribution in [0.5, 0.6) is 0 Å². The van der Waals surface area contributed by atoms with Gasteiger partial charge in [0.2, 0.25) is 0 Å². The number of unbranched alkanes of at least 4 members (excludes halogenated alkanes) is 2. The Hall–Kier alpha value is -0.260. The van der Waals surface area contributed by atoms with E-state index in [-0.39, 0.29) is 0 Å². The highest BCUT2D eigenvalue weighted by Crippen LogP contribution is 2.52. The van der Waals surface area contributed by atoms with E-state index < -0.39 is 0 Å². The Kier molecular flexibility index (Phi) is 3.30. The minimum Gasteiger partial charge on any atom is -0.0882 e. The first-order chi connectivity index (χ1) is 6.83. The highest BCUT2D eigenvalue weighted by Gasteiger charge is 2.43. The molecule has 14 heavy (non-hydrogen) atoms. The molecule has 2 aliphatic rings. The Morgan fingerprint density at radius 1 is 1.21 bits per heavy atom. The summed E-state index contributed by atoms with van der Waals surface area (Å²) < 4.78 is 0. The molecule has 0 aromatic rings. The molecule has 0 aromatic heterocycles. The van der Waals surface area contributed by atoms with Gasteiger partial charge in [-0.05, 0) is 49.4 Å². The Morgan fingerprint density at radius 2 is 2.00 bits per heavy atom. The van der Waals surface area contributed by atoms with Crippen LogP contribution in [-0.4, -0.2) is 0 Å². The van der Waals surface area contributed by atoms with Gasteiger partial charge in [0.15, 0.2) is 0 Å². The Morgan fingerprint density at radius 3 is 2.64 bits per heavy atom. The molecule has 0 saturated heterocycles. The van der Waals surface area contributed by atoms with Crippen LogP contribution in [0.2, 0.25) is 0 Å². The van der Waals surface area contributed by atoms with Gasteiger partial charge in [-0.1, -0.05) is 38.8 Å². The number of hydrogen-bond acceptors (Lipinski definition) is 0. The first kappa shape index (κ1) is 10.3. The van der Waals surface area contributed by atoms with E-state index in [9.17, 15) is 0 Å². The third kappa shape index (κ3) is 1.89. The van der Waals surface area contributed by atoms with Crippen molar-refractivity contribution < 1.29 is 0 Å². The molecule has 0 aliphatic heterocycles. The summed E-state index contributed by atoms with van der Waals surface area (Å²) in [6.45, 7) is 4.74. The van der Waals surface area contributed by atoms with Gasteiger partial charge in [-0.25, -0.2) is 0 Å². The second-order valence-corrected chi connectivity index (χ2v) is 5.34. The average Bonchev–Trinajstić information content (AvgIpc) is 2.75. The van der Waals surface area contributed by atoms with Crippen molar-refractivity contribution in [1.82, 2.24) is 0 Å². The van der Waals surface area contributed by atoms with E-state index >= 15 is 0 Å². The van der Waals surface area contributed by atoms with E-state index in [0.29, 0.717) is 0 Å². The van der Waals surface area contributed by atoms with Crippen molar-refractivity contribution in [3.8, 4) is 0 Å². The molecule has 2 fully saturated rings. The fraction of sp³-hybridized carbons (Fsp3) is 0.857. The van der Waals surface area contributed by atoms with E-state index in [2.05, 4.69) is 26.0 Å². The molecule has 4 atom stereocenters. The first-order valence-electron chi connectivity index (χ1n) is 6.49. The number of fused-ring (bicyclic) bond motifs is 2. The third-order valence-corrected chi connectivity index (χ3v) is 4.49. The van der Waals surface area contributed by atoms with E-state index in [1.54, 1.807) is 0 Å². The van der Waals surface area contributed by atoms with Crippen LogP contribution in [0, 0.1) is 23.7 Å². The van der Waals surface area contributed by atoms with Gasteiger partial charge in [0.1, 0.15) is 0 Å². The molecule has 0 heterocycles. The normalized spacial score (nSPS) is 41.3. The van der Waals surface area contributed by atoms with Crippen molar-refractivity contribution in [2.75, 3.05) is 0 Å². The smallest absolute Gasteiger partial charge is 0.0177 e. The van der Waals surface area contributed by atoms with Gasteiger partial charge in [-0.15, -0.1) is 0 Å². The van der Waals surface area contributed by atoms with Crippen LogP contribution in [0.1, 0.15) is 52.4 Å². The molecule has 0 aromatic carbocycles. The highest BCUT2D eigenvalue weighted by atomic mass is 14.5. The molecule has 0 unspecified atom stereocenters. The lowest BCUT2D eigenvalue weighted by Crippen LogP contribution is -2.17. The third-order valence-electron chi connectivity index (χ3n) is 4.49. The largest absolute Gasteiger partial charge is 0.0882 e. The van der Waals surface area contributed by atoms with Crippen LogP contribution in [0.15, 0.2) is 12.2 Å². The molecule has 0 heteroatoms. The molecule has 0 spiro atoms. The molecule has 0 radical (unpaired) electrons. The maximum absolute atomic E-state index is 2.55. The summed E-state index contributed by atoms with van der Waals surface area (Å²) in [5, 5.41) is 0. The topological polar surface area (TPSA) is 0 Å². The van der Waals surface area contributed by atoms with Crippen molar-refractivity contribution in [2.24, 2.45) is 23.7 Å². The van der Waals surface area contributed by atoms with Crippen LogP contribution in [0.3, 0.4) is 0 Å². The fourth-order valence-electron chi connectivity index (χ4n) is 3.53. The van der Waals surface area contributed by atoms with Gasteiger partial charge in [0.05, 0.1) is 0 Å². The maximum Gasteiger partial charge on any atom is -0.0177 e. The van der Waals surface area contributed by atoms with E-state index in [1.165, 1.54) is 38.5 Å². The zero-order valence-electron chi connectivity index (χ0n) is 9.71. The summed E-state index contributed by atoms with van der Waals surface area (Å²) in [4.78, 5) is 0. The lowest BCUT2D eigenvalue weighted by atomic mass is 9.80. The zero-order chi connectivity index (χ0) is 9.97. The molecule has 2 saturated carbocycles. The zero-order valence-corrected chi connectivity index (χ0v) is 9.71. The lowest BCUT2D eigenvalue weighted by Gasteiger charge is -2.25. The SMILES string of the molecule is CCCCC=C[C@@H]1[C@H]2CC[C@H](C2)[C@H]1C. The molecule has 2 bridgehead atoms. The van der Waals surface area contributed by atoms with Crippen molar-refractivity contribution in [3.63, 3.8) is 0 Å². The molecule has 0 nitrogen and oxygen atoms in total. The van der Waals surface area contributed by atoms with Crippen molar-refractivity contribution in [2.45, 2.75) is 52.4 Å². The molecular formula is C14H24. The van der Waals surface area contributed by atoms with Crippen LogP contribution < -0.4 is 0 Å². The summed E-state index contributed by atoms with van der Waals surface area (Å²) in [7, 11) is 0. The Balaban J connectivity index is 1.83. The maximum atomic E-state index is 2.55. The molecule has 2 rings (SSSR count). The van der Waals surface area contributed by atoms with Crippen LogP contribution in [-0.2, 0) is 0 Å². The lowest BCUT2D eigenvalue weighted by molar-refractivity contribution is 0.287. The summed E-state index contributed by atoms with van der Waals surface area (Å²) in [6.07, 6.45) is 13.6. The molecule has 2 aliphatic carbocycles.